The van der Waals surface area contributed by atoms with Gasteiger partial charge in [-0.15, -0.1) is 0 Å². The number of aliphatic hydroxyl groups is 1. The van der Waals surface area contributed by atoms with Gasteiger partial charge >= 0.3 is 11.7 Å². The van der Waals surface area contributed by atoms with E-state index in [1.54, 1.807) is 44.2 Å². The number of benzene rings is 1. The van der Waals surface area contributed by atoms with Gasteiger partial charge in [0.1, 0.15) is 24.3 Å². The lowest BCUT2D eigenvalue weighted by Gasteiger charge is -2.17. The average Bonchev–Trinajstić information content (AvgIpc) is 3.11. The van der Waals surface area contributed by atoms with Gasteiger partial charge in [-0.3, -0.25) is 14.2 Å². The zero-order valence-electron chi connectivity index (χ0n) is 16.1. The maximum Gasteiger partial charge on any atom is 0.351 e. The number of carbonyl (C=O) groups is 2. The molecule has 3 rings (SSSR count). The molecule has 9 heteroatoms. The lowest BCUT2D eigenvalue weighted by molar-refractivity contribution is -0.156. The van der Waals surface area contributed by atoms with E-state index in [9.17, 15) is 19.5 Å². The van der Waals surface area contributed by atoms with Crippen molar-refractivity contribution in [2.24, 2.45) is 5.92 Å². The smallest absolute Gasteiger partial charge is 0.351 e. The number of carbonyl (C=O) groups excluding carboxylic acids is 2. The number of nitrogens with zero attached hydrogens (tertiary/aromatic N) is 2. The van der Waals surface area contributed by atoms with Crippen LogP contribution in [-0.4, -0.2) is 45.3 Å². The summed E-state index contributed by atoms with van der Waals surface area (Å²) in [5.41, 5.74) is -0.188. The third kappa shape index (κ3) is 4.87. The van der Waals surface area contributed by atoms with Gasteiger partial charge in [0, 0.05) is 18.2 Å². The zero-order valence-corrected chi connectivity index (χ0v) is 16.1. The third-order valence-electron chi connectivity index (χ3n) is 4.52. The van der Waals surface area contributed by atoms with Crippen molar-refractivity contribution in [3.8, 4) is 0 Å². The molecule has 1 aliphatic heterocycles. The molecule has 3 atom stereocenters. The Morgan fingerprint density at radius 1 is 1.31 bits per heavy atom. The molecule has 29 heavy (non-hydrogen) atoms. The number of anilines is 1. The molecule has 0 spiro atoms. The van der Waals surface area contributed by atoms with Crippen molar-refractivity contribution in [3.63, 3.8) is 0 Å². The predicted octanol–water partition coefficient (Wildman–Crippen LogP) is 1.34. The Kier molecular flexibility index (Phi) is 6.40. The number of nitrogens with one attached hydrogen (secondary N) is 1. The highest BCUT2D eigenvalue weighted by Crippen LogP contribution is 2.30. The van der Waals surface area contributed by atoms with E-state index in [4.69, 9.17) is 9.47 Å². The number of rotatable bonds is 6. The Labute approximate surface area is 167 Å². The van der Waals surface area contributed by atoms with Gasteiger partial charge in [0.2, 0.25) is 0 Å². The first kappa shape index (κ1) is 20.7. The molecular formula is C20H23N3O6. The minimum atomic E-state index is -0.740. The Bertz CT molecular complexity index is 927. The molecule has 1 aromatic heterocycles. The first-order chi connectivity index (χ1) is 13.9. The fraction of sp³-hybridized carbons (Fsp3) is 0.400. The second kappa shape index (κ2) is 8.97. The summed E-state index contributed by atoms with van der Waals surface area (Å²) in [5, 5.41) is 12.1. The van der Waals surface area contributed by atoms with E-state index < -0.39 is 30.1 Å². The van der Waals surface area contributed by atoms with Crippen LogP contribution in [0.2, 0.25) is 0 Å². The molecule has 0 saturated carbocycles. The van der Waals surface area contributed by atoms with Crippen LogP contribution in [0.1, 0.15) is 36.9 Å². The molecule has 1 aromatic carbocycles. The molecule has 1 saturated heterocycles. The Hall–Kier alpha value is -3.04. The van der Waals surface area contributed by atoms with Crippen LogP contribution in [-0.2, 0) is 14.3 Å². The number of hydrogen-bond donors (Lipinski definition) is 2. The fourth-order valence-electron chi connectivity index (χ4n) is 2.92. The van der Waals surface area contributed by atoms with E-state index in [1.165, 1.54) is 16.8 Å². The second-order valence-electron chi connectivity index (χ2n) is 7.00. The van der Waals surface area contributed by atoms with Crippen LogP contribution in [0.4, 0.5) is 5.82 Å². The van der Waals surface area contributed by atoms with E-state index >= 15 is 0 Å². The minimum absolute atomic E-state index is 0.111. The van der Waals surface area contributed by atoms with Gasteiger partial charge in [-0.2, -0.15) is 4.98 Å². The van der Waals surface area contributed by atoms with Crippen molar-refractivity contribution >= 4 is 17.7 Å². The lowest BCUT2D eigenvalue weighted by atomic mass is 10.1. The number of aliphatic hydroxyl groups excluding tert-OH is 1. The topological polar surface area (TPSA) is 120 Å². The van der Waals surface area contributed by atoms with Gasteiger partial charge in [0.15, 0.2) is 0 Å². The summed E-state index contributed by atoms with van der Waals surface area (Å²) in [6, 6.07) is 10.0. The molecular weight excluding hydrogens is 378 g/mol. The Balaban J connectivity index is 1.71. The second-order valence-corrected chi connectivity index (χ2v) is 7.00. The van der Waals surface area contributed by atoms with Crippen LogP contribution in [0.3, 0.4) is 0 Å². The summed E-state index contributed by atoms with van der Waals surface area (Å²) in [5.74, 6) is -0.986. The lowest BCUT2D eigenvalue weighted by Crippen LogP contribution is -2.31. The molecule has 9 nitrogen and oxygen atoms in total. The van der Waals surface area contributed by atoms with E-state index in [-0.39, 0.29) is 30.7 Å². The van der Waals surface area contributed by atoms with Crippen molar-refractivity contribution < 1.29 is 24.2 Å². The molecule has 2 N–H and O–H groups in total. The van der Waals surface area contributed by atoms with Gasteiger partial charge in [0.25, 0.3) is 5.91 Å². The number of ether oxygens (including phenoxy) is 2. The molecule has 0 unspecified atom stereocenters. The van der Waals surface area contributed by atoms with Crippen molar-refractivity contribution in [1.29, 1.82) is 0 Å². The number of esters is 1. The zero-order chi connectivity index (χ0) is 21.0. The van der Waals surface area contributed by atoms with E-state index in [1.807, 2.05) is 0 Å². The van der Waals surface area contributed by atoms with Crippen molar-refractivity contribution in [2.45, 2.75) is 38.7 Å². The van der Waals surface area contributed by atoms with E-state index in [0.717, 1.165) is 0 Å². The van der Waals surface area contributed by atoms with E-state index in [0.29, 0.717) is 5.56 Å². The van der Waals surface area contributed by atoms with E-state index in [2.05, 4.69) is 10.3 Å². The van der Waals surface area contributed by atoms with Crippen LogP contribution in [0.5, 0.6) is 0 Å². The number of aromatic nitrogens is 2. The quantitative estimate of drug-likeness (QED) is 0.701. The van der Waals surface area contributed by atoms with Crippen molar-refractivity contribution in [3.05, 3.63) is 58.6 Å². The molecule has 2 aromatic rings. The van der Waals surface area contributed by atoms with Gasteiger partial charge in [0.05, 0.1) is 12.5 Å². The molecule has 0 radical (unpaired) electrons. The summed E-state index contributed by atoms with van der Waals surface area (Å²) in [4.78, 5) is 40.3. The number of amides is 1. The largest absolute Gasteiger partial charge is 0.459 e. The average molecular weight is 401 g/mol. The molecule has 2 heterocycles. The Morgan fingerprint density at radius 2 is 2.03 bits per heavy atom. The standard InChI is InChI=1S/C20H23N3O6/c1-12(2)19(26)29-14-10-17(28-15(14)11-24)23-9-8-16(22-20(23)27)21-18(25)13-6-4-3-5-7-13/h3-9,12,14-15,17,24H,10-11H2,1-2H3,(H,21,22,25,27)/t14-,15-,17-/m1/s1. The highest BCUT2D eigenvalue weighted by Gasteiger charge is 2.39. The summed E-state index contributed by atoms with van der Waals surface area (Å²) < 4.78 is 12.3. The first-order valence-corrected chi connectivity index (χ1v) is 9.31. The first-order valence-electron chi connectivity index (χ1n) is 9.31. The van der Waals surface area contributed by atoms with Crippen molar-refractivity contribution in [2.75, 3.05) is 11.9 Å². The summed E-state index contributed by atoms with van der Waals surface area (Å²) in [6.45, 7) is 3.07. The van der Waals surface area contributed by atoms with Crippen LogP contribution < -0.4 is 11.0 Å². The fourth-order valence-corrected chi connectivity index (χ4v) is 2.92. The summed E-state index contributed by atoms with van der Waals surface area (Å²) >= 11 is 0. The molecule has 1 fully saturated rings. The van der Waals surface area contributed by atoms with Crippen molar-refractivity contribution in [1.82, 2.24) is 9.55 Å². The van der Waals surface area contributed by atoms with Crippen LogP contribution in [0, 0.1) is 5.92 Å². The molecule has 1 aliphatic rings. The maximum absolute atomic E-state index is 12.4. The van der Waals surface area contributed by atoms with Gasteiger partial charge in [-0.1, -0.05) is 32.0 Å². The highest BCUT2D eigenvalue weighted by atomic mass is 16.6. The highest BCUT2D eigenvalue weighted by molar-refractivity contribution is 6.03. The SMILES string of the molecule is CC(C)C(=O)O[C@@H]1C[C@H](n2ccc(NC(=O)c3ccccc3)nc2=O)O[C@@H]1CO. The van der Waals surface area contributed by atoms with Crippen LogP contribution in [0.25, 0.3) is 0 Å². The minimum Gasteiger partial charge on any atom is -0.459 e. The van der Waals surface area contributed by atoms with Gasteiger partial charge in [-0.05, 0) is 18.2 Å². The van der Waals surface area contributed by atoms with Crippen LogP contribution >= 0.6 is 0 Å². The molecule has 154 valence electrons. The predicted molar refractivity (Wildman–Crippen MR) is 103 cm³/mol. The maximum atomic E-state index is 12.4. The summed E-state index contributed by atoms with van der Waals surface area (Å²) in [7, 11) is 0. The van der Waals surface area contributed by atoms with Gasteiger partial charge < -0.3 is 19.9 Å². The third-order valence-corrected chi connectivity index (χ3v) is 4.52. The van der Waals surface area contributed by atoms with Gasteiger partial charge in [-0.25, -0.2) is 4.79 Å². The van der Waals surface area contributed by atoms with Crippen LogP contribution in [0.15, 0.2) is 47.4 Å². The Morgan fingerprint density at radius 3 is 2.66 bits per heavy atom. The molecule has 0 bridgehead atoms. The monoisotopic (exact) mass is 401 g/mol. The molecule has 1 amide bonds. The number of hydrogen-bond acceptors (Lipinski definition) is 7. The summed E-state index contributed by atoms with van der Waals surface area (Å²) in [6.07, 6.45) is -0.477. The normalized spacial score (nSPS) is 21.2. The molecule has 0 aliphatic carbocycles.